The predicted molar refractivity (Wildman–Crippen MR) is 128 cm³/mol. The average Bonchev–Trinajstić information content (AvgIpc) is 3.54. The van der Waals surface area contributed by atoms with Crippen LogP contribution in [0.3, 0.4) is 0 Å². The minimum atomic E-state index is -5.69. The Morgan fingerprint density at radius 1 is 1.16 bits per heavy atom. The van der Waals surface area contributed by atoms with E-state index in [4.69, 9.17) is 4.74 Å². The molecular weight excluding hydrogens is 538 g/mol. The van der Waals surface area contributed by atoms with E-state index in [1.807, 2.05) is 0 Å². The first-order valence-electron chi connectivity index (χ1n) is 12.5. The first-order valence-corrected chi connectivity index (χ1v) is 13.7. The number of rotatable bonds is 9. The van der Waals surface area contributed by atoms with Crippen LogP contribution in [0.25, 0.3) is 0 Å². The van der Waals surface area contributed by atoms with Crippen molar-refractivity contribution >= 4 is 23.7 Å². The molecule has 1 aromatic carbocycles. The number of carbonyl (C=O) groups excluding carboxylic acids is 2. The van der Waals surface area contributed by atoms with Crippen LogP contribution in [0.1, 0.15) is 56.2 Å². The third-order valence-corrected chi connectivity index (χ3v) is 8.74. The van der Waals surface area contributed by atoms with Crippen LogP contribution in [0, 0.1) is 5.92 Å². The number of amides is 3. The number of nitrogens with one attached hydrogen (secondary N) is 1. The maximum atomic E-state index is 13.7. The molecule has 0 saturated carbocycles. The SMILES string of the molecule is CCCc1c(OCCCCN2C(=O)N[C@](C)(C3CCSC3)C2=O)ccc2c1COC2(C(F)(F)F)C(F)(F)F. The first kappa shape index (κ1) is 28.8. The number of thioether (sulfide) groups is 1. The van der Waals surface area contributed by atoms with Crippen LogP contribution in [0.4, 0.5) is 31.1 Å². The third kappa shape index (κ3) is 4.73. The molecule has 0 bridgehead atoms. The molecule has 1 aromatic rings. The number of hydrogen-bond acceptors (Lipinski definition) is 5. The number of benzene rings is 1. The van der Waals surface area contributed by atoms with Crippen molar-refractivity contribution in [1.29, 1.82) is 0 Å². The molecule has 6 nitrogen and oxygen atoms in total. The van der Waals surface area contributed by atoms with E-state index in [0.717, 1.165) is 30.1 Å². The smallest absolute Gasteiger partial charge is 0.430 e. The first-order chi connectivity index (χ1) is 17.8. The van der Waals surface area contributed by atoms with Gasteiger partial charge in [-0.15, -0.1) is 0 Å². The van der Waals surface area contributed by atoms with Gasteiger partial charge < -0.3 is 14.8 Å². The maximum Gasteiger partial charge on any atom is 0.430 e. The predicted octanol–water partition coefficient (Wildman–Crippen LogP) is 5.71. The fourth-order valence-electron chi connectivity index (χ4n) is 5.45. The highest BCUT2D eigenvalue weighted by molar-refractivity contribution is 7.99. The van der Waals surface area contributed by atoms with E-state index in [1.54, 1.807) is 25.6 Å². The van der Waals surface area contributed by atoms with Crippen LogP contribution in [-0.4, -0.2) is 59.4 Å². The zero-order chi connectivity index (χ0) is 27.9. The summed E-state index contributed by atoms with van der Waals surface area (Å²) in [5.74, 6) is 1.78. The van der Waals surface area contributed by atoms with E-state index in [2.05, 4.69) is 10.1 Å². The molecule has 4 rings (SSSR count). The number of imide groups is 1. The summed E-state index contributed by atoms with van der Waals surface area (Å²) in [5, 5.41) is 2.83. The molecule has 38 heavy (non-hydrogen) atoms. The van der Waals surface area contributed by atoms with Crippen molar-refractivity contribution in [2.45, 2.75) is 76.1 Å². The number of urea groups is 1. The van der Waals surface area contributed by atoms with Gasteiger partial charge in [0.25, 0.3) is 11.5 Å². The Morgan fingerprint density at radius 3 is 2.47 bits per heavy atom. The number of fused-ring (bicyclic) bond motifs is 1. The molecule has 2 atom stereocenters. The summed E-state index contributed by atoms with van der Waals surface area (Å²) in [4.78, 5) is 26.6. The Kier molecular flexibility index (Phi) is 7.92. The van der Waals surface area contributed by atoms with Crippen LogP contribution < -0.4 is 10.1 Å². The van der Waals surface area contributed by atoms with Crippen LogP contribution in [0.15, 0.2) is 12.1 Å². The topological polar surface area (TPSA) is 67.9 Å². The van der Waals surface area contributed by atoms with E-state index in [-0.39, 0.29) is 48.3 Å². The molecule has 0 aromatic heterocycles. The fraction of sp³-hybridized carbons (Fsp3) is 0.680. The van der Waals surface area contributed by atoms with E-state index in [1.165, 1.54) is 4.90 Å². The molecule has 1 unspecified atom stereocenters. The Balaban J connectivity index is 1.41. The number of ether oxygens (including phenoxy) is 2. The minimum Gasteiger partial charge on any atom is -0.493 e. The summed E-state index contributed by atoms with van der Waals surface area (Å²) < 4.78 is 92.3. The molecule has 0 spiro atoms. The van der Waals surface area contributed by atoms with Crippen molar-refractivity contribution in [2.75, 3.05) is 24.7 Å². The third-order valence-electron chi connectivity index (χ3n) is 7.58. The van der Waals surface area contributed by atoms with Crippen LogP contribution in [0.2, 0.25) is 0 Å². The zero-order valence-electron chi connectivity index (χ0n) is 21.1. The standard InChI is InChI=1S/C25H30F6N2O4S/c1-3-6-16-17-13-37-23(24(26,27)28,25(29,30)31)18(17)7-8-19(16)36-11-5-4-10-33-20(34)22(2,32-21(33)35)15-9-12-38-14-15/h7-8,15H,3-6,9-14H2,1-2H3,(H,32,35)/t15?,22-/m1/s1. The average molecular weight is 569 g/mol. The lowest BCUT2D eigenvalue weighted by molar-refractivity contribution is -0.385. The van der Waals surface area contributed by atoms with Gasteiger partial charge in [-0.2, -0.15) is 38.1 Å². The zero-order valence-corrected chi connectivity index (χ0v) is 21.9. The summed E-state index contributed by atoms with van der Waals surface area (Å²) in [5.41, 5.74) is -6.12. The number of unbranched alkanes of at least 4 members (excludes halogenated alkanes) is 1. The number of carbonyl (C=O) groups is 2. The number of alkyl halides is 6. The van der Waals surface area contributed by atoms with Gasteiger partial charge in [-0.1, -0.05) is 19.4 Å². The highest BCUT2D eigenvalue weighted by Gasteiger charge is 2.75. The lowest BCUT2D eigenvalue weighted by atomic mass is 9.85. The molecule has 0 aliphatic carbocycles. The van der Waals surface area contributed by atoms with Crippen LogP contribution in [0.5, 0.6) is 5.75 Å². The van der Waals surface area contributed by atoms with Gasteiger partial charge in [0.2, 0.25) is 0 Å². The van der Waals surface area contributed by atoms with Gasteiger partial charge in [-0.25, -0.2) is 4.79 Å². The fourth-order valence-corrected chi connectivity index (χ4v) is 6.86. The minimum absolute atomic E-state index is 0.0755. The molecule has 0 radical (unpaired) electrons. The summed E-state index contributed by atoms with van der Waals surface area (Å²) >= 11 is 1.75. The molecule has 2 saturated heterocycles. The highest BCUT2D eigenvalue weighted by Crippen LogP contribution is 2.58. The van der Waals surface area contributed by atoms with Crippen molar-refractivity contribution in [2.24, 2.45) is 5.92 Å². The number of halogens is 6. The summed E-state index contributed by atoms with van der Waals surface area (Å²) in [7, 11) is 0. The molecule has 1 N–H and O–H groups in total. The van der Waals surface area contributed by atoms with Crippen LogP contribution in [-0.2, 0) is 28.2 Å². The molecule has 13 heteroatoms. The second-order valence-electron chi connectivity index (χ2n) is 9.99. The van der Waals surface area contributed by atoms with E-state index >= 15 is 0 Å². The Hall–Kier alpha value is -2.15. The Labute approximate surface area is 220 Å². The second-order valence-corrected chi connectivity index (χ2v) is 11.1. The molecule has 3 amide bonds. The molecule has 212 valence electrons. The Bertz CT molecular complexity index is 1060. The van der Waals surface area contributed by atoms with Crippen molar-refractivity contribution < 1.29 is 45.4 Å². The monoisotopic (exact) mass is 568 g/mol. The van der Waals surface area contributed by atoms with Gasteiger partial charge in [0, 0.05) is 23.6 Å². The summed E-state index contributed by atoms with van der Waals surface area (Å²) in [6.45, 7) is 2.98. The molecule has 3 heterocycles. The Morgan fingerprint density at radius 2 is 1.87 bits per heavy atom. The molecular formula is C25H30F6N2O4S. The van der Waals surface area contributed by atoms with E-state index in [9.17, 15) is 35.9 Å². The van der Waals surface area contributed by atoms with Gasteiger partial charge in [0.05, 0.1) is 13.2 Å². The maximum absolute atomic E-state index is 13.7. The largest absolute Gasteiger partial charge is 0.493 e. The van der Waals surface area contributed by atoms with Crippen molar-refractivity contribution in [3.8, 4) is 5.75 Å². The highest BCUT2D eigenvalue weighted by atomic mass is 32.2. The van der Waals surface area contributed by atoms with Crippen molar-refractivity contribution in [3.63, 3.8) is 0 Å². The lowest BCUT2D eigenvalue weighted by Crippen LogP contribution is -2.53. The van der Waals surface area contributed by atoms with Gasteiger partial charge >= 0.3 is 18.4 Å². The van der Waals surface area contributed by atoms with Gasteiger partial charge in [0.1, 0.15) is 11.3 Å². The van der Waals surface area contributed by atoms with Crippen LogP contribution >= 0.6 is 11.8 Å². The molecule has 3 aliphatic heterocycles. The summed E-state index contributed by atoms with van der Waals surface area (Å²) in [6, 6.07) is 1.48. The van der Waals surface area contributed by atoms with Crippen molar-refractivity contribution in [1.82, 2.24) is 10.2 Å². The lowest BCUT2D eigenvalue weighted by Gasteiger charge is -2.33. The van der Waals surface area contributed by atoms with Gasteiger partial charge in [0.15, 0.2) is 0 Å². The summed E-state index contributed by atoms with van der Waals surface area (Å²) in [6.07, 6.45) is -8.98. The van der Waals surface area contributed by atoms with E-state index in [0.29, 0.717) is 19.3 Å². The normalized spacial score (nSPS) is 25.2. The second kappa shape index (κ2) is 10.4. The van der Waals surface area contributed by atoms with Crippen molar-refractivity contribution in [3.05, 3.63) is 28.8 Å². The molecule has 3 aliphatic rings. The quantitative estimate of drug-likeness (QED) is 0.235. The number of hydrogen-bond donors (Lipinski definition) is 1. The van der Waals surface area contributed by atoms with E-state index < -0.39 is 41.7 Å². The number of nitrogens with zero attached hydrogens (tertiary/aromatic N) is 1. The van der Waals surface area contributed by atoms with Gasteiger partial charge in [-0.05, 0) is 55.7 Å². The molecule has 2 fully saturated rings. The van der Waals surface area contributed by atoms with Gasteiger partial charge in [-0.3, -0.25) is 9.69 Å².